The lowest BCUT2D eigenvalue weighted by atomic mass is 9.73. The van der Waals surface area contributed by atoms with E-state index in [4.69, 9.17) is 4.74 Å². The lowest BCUT2D eigenvalue weighted by Crippen LogP contribution is -2.56. The summed E-state index contributed by atoms with van der Waals surface area (Å²) in [5.74, 6) is -2.00. The van der Waals surface area contributed by atoms with E-state index in [1.165, 1.54) is 0 Å². The number of amides is 3. The first-order valence-corrected chi connectivity index (χ1v) is 14.9. The average Bonchev–Trinajstić information content (AvgIpc) is 3.28. The van der Waals surface area contributed by atoms with Gasteiger partial charge in [0.05, 0.1) is 17.4 Å². The summed E-state index contributed by atoms with van der Waals surface area (Å²) in [7, 11) is 1.76. The summed E-state index contributed by atoms with van der Waals surface area (Å²) in [6.07, 6.45) is 11.4. The standard InChI is InChI=1S/C33H39N3O5/c1-3-32-16-10-18-34(2)29(38)26(32)27-30(39)36(19-8-4-5-9-21-37)28-31(40)35(20-11-17-33(27,28)41-32)25-15-14-23-12-6-7-13-24(23)22-25/h6-7,10-17,22,26-28,37H,3-5,8-9,18-21H2,1-2H3/t26-,27-,28?,32+,33-/m0/s1. The largest absolute Gasteiger partial charge is 0.396 e. The fourth-order valence-electron chi connectivity index (χ4n) is 7.45. The second-order valence-corrected chi connectivity index (χ2v) is 11.8. The minimum Gasteiger partial charge on any atom is -0.396 e. The van der Waals surface area contributed by atoms with Gasteiger partial charge in [-0.2, -0.15) is 0 Å². The van der Waals surface area contributed by atoms with Crippen molar-refractivity contribution in [3.63, 3.8) is 0 Å². The van der Waals surface area contributed by atoms with Gasteiger partial charge >= 0.3 is 0 Å². The molecule has 3 amide bonds. The van der Waals surface area contributed by atoms with Crippen molar-refractivity contribution in [3.8, 4) is 0 Å². The summed E-state index contributed by atoms with van der Waals surface area (Å²) in [6.45, 7) is 3.32. The maximum absolute atomic E-state index is 14.7. The summed E-state index contributed by atoms with van der Waals surface area (Å²) in [4.78, 5) is 48.1. The van der Waals surface area contributed by atoms with Gasteiger partial charge < -0.3 is 24.5 Å². The van der Waals surface area contributed by atoms with Crippen LogP contribution in [-0.4, -0.2) is 83.2 Å². The quantitative estimate of drug-likeness (QED) is 0.395. The summed E-state index contributed by atoms with van der Waals surface area (Å²) in [6, 6.07) is 13.1. The molecule has 1 unspecified atom stereocenters. The Hall–Kier alpha value is -3.49. The van der Waals surface area contributed by atoms with E-state index < -0.39 is 29.1 Å². The van der Waals surface area contributed by atoms with Gasteiger partial charge in [-0.05, 0) is 42.2 Å². The van der Waals surface area contributed by atoms with Crippen LogP contribution in [0, 0.1) is 11.8 Å². The summed E-state index contributed by atoms with van der Waals surface area (Å²) in [5.41, 5.74) is -1.44. The van der Waals surface area contributed by atoms with Crippen LogP contribution in [0.3, 0.4) is 0 Å². The number of anilines is 1. The molecule has 4 aliphatic rings. The molecule has 1 spiro atoms. The molecule has 0 aliphatic carbocycles. The number of fused-ring (bicyclic) bond motifs is 3. The lowest BCUT2D eigenvalue weighted by molar-refractivity contribution is -0.149. The molecule has 5 atom stereocenters. The smallest absolute Gasteiger partial charge is 0.253 e. The van der Waals surface area contributed by atoms with Gasteiger partial charge in [-0.3, -0.25) is 14.4 Å². The SMILES string of the molecule is CC[C@@]12C=CCN(C)C(=O)[C@@H]1[C@H]1C(=O)N(CCCCCCO)C3C(=O)N(c4ccc5ccccc5c4)CC=C[C@@]31O2. The maximum Gasteiger partial charge on any atom is 0.253 e. The minimum atomic E-state index is -1.25. The number of nitrogens with zero attached hydrogens (tertiary/aromatic N) is 3. The van der Waals surface area contributed by atoms with E-state index in [2.05, 4.69) is 0 Å². The van der Waals surface area contributed by atoms with Crippen LogP contribution in [0.4, 0.5) is 5.69 Å². The first kappa shape index (κ1) is 27.7. The number of carbonyl (C=O) groups is 3. The zero-order valence-corrected chi connectivity index (χ0v) is 23.9. The Bertz CT molecular complexity index is 1420. The first-order chi connectivity index (χ1) is 19.9. The number of carbonyl (C=O) groups excluding carboxylic acids is 3. The number of likely N-dealkylation sites (N-methyl/N-ethyl adjacent to an activating group) is 1. The Labute approximate surface area is 241 Å². The number of unbranched alkanes of at least 4 members (excludes halogenated alkanes) is 3. The molecule has 0 aromatic heterocycles. The van der Waals surface area contributed by atoms with E-state index in [9.17, 15) is 19.5 Å². The van der Waals surface area contributed by atoms with Gasteiger partial charge in [0.15, 0.2) is 0 Å². The highest BCUT2D eigenvalue weighted by atomic mass is 16.5. The van der Waals surface area contributed by atoms with E-state index in [0.29, 0.717) is 38.9 Å². The van der Waals surface area contributed by atoms with Gasteiger partial charge in [-0.1, -0.05) is 74.4 Å². The maximum atomic E-state index is 14.7. The van der Waals surface area contributed by atoms with Crippen molar-refractivity contribution in [3.05, 3.63) is 66.8 Å². The van der Waals surface area contributed by atoms with Crippen molar-refractivity contribution in [2.75, 3.05) is 38.2 Å². The Morgan fingerprint density at radius 3 is 2.41 bits per heavy atom. The van der Waals surface area contributed by atoms with Crippen molar-refractivity contribution in [1.29, 1.82) is 0 Å². The summed E-state index contributed by atoms with van der Waals surface area (Å²) in [5, 5.41) is 11.3. The highest BCUT2D eigenvalue weighted by Crippen LogP contribution is 2.58. The van der Waals surface area contributed by atoms with Gasteiger partial charge in [0, 0.05) is 39.0 Å². The summed E-state index contributed by atoms with van der Waals surface area (Å²) < 4.78 is 7.00. The van der Waals surface area contributed by atoms with Crippen molar-refractivity contribution < 1.29 is 24.2 Å². The number of ether oxygens (including phenoxy) is 1. The van der Waals surface area contributed by atoms with Crippen molar-refractivity contribution in [1.82, 2.24) is 9.80 Å². The van der Waals surface area contributed by atoms with E-state index in [-0.39, 0.29) is 24.3 Å². The third kappa shape index (κ3) is 4.30. The van der Waals surface area contributed by atoms with E-state index in [0.717, 1.165) is 29.3 Å². The molecule has 2 aromatic rings. The Morgan fingerprint density at radius 2 is 1.63 bits per heavy atom. The van der Waals surface area contributed by atoms with Crippen LogP contribution in [0.25, 0.3) is 10.8 Å². The van der Waals surface area contributed by atoms with Gasteiger partial charge in [0.1, 0.15) is 11.6 Å². The molecule has 2 fully saturated rings. The molecule has 0 saturated carbocycles. The predicted octanol–water partition coefficient (Wildman–Crippen LogP) is 3.68. The molecule has 4 aliphatic heterocycles. The number of aliphatic hydroxyl groups is 1. The zero-order chi connectivity index (χ0) is 28.8. The number of hydrogen-bond acceptors (Lipinski definition) is 5. The van der Waals surface area contributed by atoms with Crippen LogP contribution in [0.2, 0.25) is 0 Å². The molecule has 8 heteroatoms. The molecule has 8 nitrogen and oxygen atoms in total. The highest BCUT2D eigenvalue weighted by molar-refractivity contribution is 6.06. The van der Waals surface area contributed by atoms with E-state index >= 15 is 0 Å². The number of hydrogen-bond donors (Lipinski definition) is 1. The fraction of sp³-hybridized carbons (Fsp3) is 0.485. The second kappa shape index (κ2) is 10.7. The molecular formula is C33H39N3O5. The molecular weight excluding hydrogens is 518 g/mol. The molecule has 4 heterocycles. The summed E-state index contributed by atoms with van der Waals surface area (Å²) >= 11 is 0. The van der Waals surface area contributed by atoms with E-state index in [1.54, 1.807) is 21.7 Å². The van der Waals surface area contributed by atoms with Gasteiger partial charge in [0.25, 0.3) is 5.91 Å². The zero-order valence-electron chi connectivity index (χ0n) is 23.9. The van der Waals surface area contributed by atoms with Crippen LogP contribution in [0.1, 0.15) is 39.0 Å². The molecule has 0 bridgehead atoms. The fourth-order valence-corrected chi connectivity index (χ4v) is 7.45. The van der Waals surface area contributed by atoms with Gasteiger partial charge in [-0.25, -0.2) is 0 Å². The van der Waals surface area contributed by atoms with E-state index in [1.807, 2.05) is 73.7 Å². The first-order valence-electron chi connectivity index (χ1n) is 14.9. The molecule has 6 rings (SSSR count). The Morgan fingerprint density at radius 1 is 0.878 bits per heavy atom. The number of aliphatic hydroxyl groups excluding tert-OH is 1. The molecule has 2 aromatic carbocycles. The van der Waals surface area contributed by atoms with Crippen LogP contribution < -0.4 is 4.90 Å². The topological polar surface area (TPSA) is 90.4 Å². The Kier molecular flexibility index (Phi) is 7.24. The highest BCUT2D eigenvalue weighted by Gasteiger charge is 2.75. The molecule has 216 valence electrons. The Balaban J connectivity index is 1.43. The number of rotatable bonds is 8. The van der Waals surface area contributed by atoms with Crippen LogP contribution in [0.5, 0.6) is 0 Å². The average molecular weight is 558 g/mol. The lowest BCUT2D eigenvalue weighted by Gasteiger charge is -2.38. The van der Waals surface area contributed by atoms with Gasteiger partial charge in [0.2, 0.25) is 11.8 Å². The van der Waals surface area contributed by atoms with Crippen molar-refractivity contribution in [2.24, 2.45) is 11.8 Å². The normalized spacial score (nSPS) is 31.0. The number of likely N-dealkylation sites (tertiary alicyclic amines) is 1. The second-order valence-electron chi connectivity index (χ2n) is 11.8. The monoisotopic (exact) mass is 557 g/mol. The molecule has 2 saturated heterocycles. The molecule has 0 radical (unpaired) electrons. The third-order valence-electron chi connectivity index (χ3n) is 9.49. The van der Waals surface area contributed by atoms with Crippen LogP contribution in [-0.2, 0) is 19.1 Å². The number of benzene rings is 2. The van der Waals surface area contributed by atoms with Crippen LogP contribution in [0.15, 0.2) is 66.8 Å². The third-order valence-corrected chi connectivity index (χ3v) is 9.49. The van der Waals surface area contributed by atoms with Crippen molar-refractivity contribution in [2.45, 2.75) is 56.3 Å². The van der Waals surface area contributed by atoms with Gasteiger partial charge in [-0.15, -0.1) is 0 Å². The minimum absolute atomic E-state index is 0.118. The van der Waals surface area contributed by atoms with Crippen LogP contribution >= 0.6 is 0 Å². The molecule has 41 heavy (non-hydrogen) atoms. The predicted molar refractivity (Wildman–Crippen MR) is 157 cm³/mol. The van der Waals surface area contributed by atoms with Crippen molar-refractivity contribution >= 4 is 34.2 Å². The molecule has 1 N–H and O–H groups in total.